The van der Waals surface area contributed by atoms with E-state index in [4.69, 9.17) is 5.11 Å². The SMILES string of the molecule is CC(CC(=O)O)c1cn2c3c(cccc13)CCC2. The molecule has 94 valence electrons. The van der Waals surface area contributed by atoms with Crippen molar-refractivity contribution in [2.24, 2.45) is 0 Å². The fraction of sp³-hybridized carbons (Fsp3) is 0.400. The van der Waals surface area contributed by atoms with E-state index >= 15 is 0 Å². The molecule has 2 aromatic rings. The molecule has 0 saturated carbocycles. The van der Waals surface area contributed by atoms with Gasteiger partial charge in [-0.3, -0.25) is 4.79 Å². The number of carbonyl (C=O) groups is 1. The van der Waals surface area contributed by atoms with Gasteiger partial charge in [0.05, 0.1) is 11.9 Å². The lowest BCUT2D eigenvalue weighted by Gasteiger charge is -2.14. The third kappa shape index (κ3) is 1.70. The number of rotatable bonds is 3. The molecule has 0 aliphatic carbocycles. The summed E-state index contributed by atoms with van der Waals surface area (Å²) in [5, 5.41) is 10.2. The van der Waals surface area contributed by atoms with Crippen molar-refractivity contribution in [1.29, 1.82) is 0 Å². The van der Waals surface area contributed by atoms with Gasteiger partial charge in [0.2, 0.25) is 0 Å². The van der Waals surface area contributed by atoms with Crippen LogP contribution >= 0.6 is 0 Å². The molecule has 1 aromatic heterocycles. The Morgan fingerprint density at radius 3 is 3.11 bits per heavy atom. The number of hydrogen-bond acceptors (Lipinski definition) is 1. The summed E-state index contributed by atoms with van der Waals surface area (Å²) in [7, 11) is 0. The molecule has 1 atom stereocenters. The fourth-order valence-corrected chi connectivity index (χ4v) is 3.05. The van der Waals surface area contributed by atoms with Crippen LogP contribution in [0.1, 0.15) is 36.8 Å². The lowest BCUT2D eigenvalue weighted by molar-refractivity contribution is -0.137. The van der Waals surface area contributed by atoms with E-state index in [-0.39, 0.29) is 12.3 Å². The normalized spacial score (nSPS) is 15.8. The third-order valence-electron chi connectivity index (χ3n) is 3.87. The van der Waals surface area contributed by atoms with E-state index in [1.54, 1.807) is 0 Å². The number of carboxylic acids is 1. The highest BCUT2D eigenvalue weighted by Crippen LogP contribution is 2.34. The number of carboxylic acid groups (broad SMARTS) is 1. The summed E-state index contributed by atoms with van der Waals surface area (Å²) >= 11 is 0. The van der Waals surface area contributed by atoms with Crippen molar-refractivity contribution in [3.05, 3.63) is 35.5 Å². The number of aliphatic carboxylic acids is 1. The predicted octanol–water partition coefficient (Wildman–Crippen LogP) is 3.17. The molecular weight excluding hydrogens is 226 g/mol. The summed E-state index contributed by atoms with van der Waals surface area (Å²) in [6, 6.07) is 6.39. The molecule has 18 heavy (non-hydrogen) atoms. The minimum absolute atomic E-state index is 0.0691. The molecule has 1 aromatic carbocycles. The van der Waals surface area contributed by atoms with Crippen LogP contribution in [0.4, 0.5) is 0 Å². The van der Waals surface area contributed by atoms with Crippen molar-refractivity contribution in [1.82, 2.24) is 4.57 Å². The first-order valence-corrected chi connectivity index (χ1v) is 6.49. The predicted molar refractivity (Wildman–Crippen MR) is 70.9 cm³/mol. The van der Waals surface area contributed by atoms with Gasteiger partial charge in [0, 0.05) is 18.1 Å². The fourth-order valence-electron chi connectivity index (χ4n) is 3.05. The minimum Gasteiger partial charge on any atom is -0.481 e. The summed E-state index contributed by atoms with van der Waals surface area (Å²) in [4.78, 5) is 10.9. The number of benzene rings is 1. The van der Waals surface area contributed by atoms with Crippen molar-refractivity contribution in [3.63, 3.8) is 0 Å². The van der Waals surface area contributed by atoms with Gasteiger partial charge in [0.25, 0.3) is 0 Å². The van der Waals surface area contributed by atoms with Crippen LogP contribution in [0.5, 0.6) is 0 Å². The van der Waals surface area contributed by atoms with Gasteiger partial charge in [-0.2, -0.15) is 0 Å². The maximum atomic E-state index is 10.9. The molecule has 0 radical (unpaired) electrons. The molecule has 2 heterocycles. The van der Waals surface area contributed by atoms with Gasteiger partial charge in [-0.05, 0) is 29.9 Å². The lowest BCUT2D eigenvalue weighted by Crippen LogP contribution is -2.05. The zero-order valence-corrected chi connectivity index (χ0v) is 10.5. The van der Waals surface area contributed by atoms with Crippen LogP contribution in [0.3, 0.4) is 0 Å². The number of para-hydroxylation sites is 1. The molecule has 0 spiro atoms. The summed E-state index contributed by atoms with van der Waals surface area (Å²) < 4.78 is 2.29. The highest BCUT2D eigenvalue weighted by atomic mass is 16.4. The van der Waals surface area contributed by atoms with Crippen LogP contribution < -0.4 is 0 Å². The molecule has 3 heteroatoms. The van der Waals surface area contributed by atoms with Gasteiger partial charge in [-0.1, -0.05) is 25.1 Å². The molecule has 0 fully saturated rings. The van der Waals surface area contributed by atoms with Crippen molar-refractivity contribution in [3.8, 4) is 0 Å². The Labute approximate surface area is 106 Å². The van der Waals surface area contributed by atoms with E-state index in [1.807, 2.05) is 6.92 Å². The molecule has 1 unspecified atom stereocenters. The second-order valence-corrected chi connectivity index (χ2v) is 5.19. The lowest BCUT2D eigenvalue weighted by atomic mass is 9.95. The Hall–Kier alpha value is -1.77. The zero-order chi connectivity index (χ0) is 12.7. The third-order valence-corrected chi connectivity index (χ3v) is 3.87. The second-order valence-electron chi connectivity index (χ2n) is 5.19. The average Bonchev–Trinajstić information content (AvgIpc) is 2.70. The van der Waals surface area contributed by atoms with Crippen LogP contribution in [0, 0.1) is 0 Å². The maximum absolute atomic E-state index is 10.9. The van der Waals surface area contributed by atoms with E-state index in [2.05, 4.69) is 29.0 Å². The van der Waals surface area contributed by atoms with Crippen molar-refractivity contribution < 1.29 is 9.90 Å². The molecule has 3 rings (SSSR count). The Kier molecular flexibility index (Phi) is 2.62. The van der Waals surface area contributed by atoms with Crippen LogP contribution in [0.2, 0.25) is 0 Å². The van der Waals surface area contributed by atoms with Gasteiger partial charge in [-0.25, -0.2) is 0 Å². The van der Waals surface area contributed by atoms with Gasteiger partial charge < -0.3 is 9.67 Å². The highest BCUT2D eigenvalue weighted by Gasteiger charge is 2.20. The van der Waals surface area contributed by atoms with Gasteiger partial charge in [0.1, 0.15) is 0 Å². The van der Waals surface area contributed by atoms with Crippen LogP contribution in [-0.4, -0.2) is 15.6 Å². The Bertz CT molecular complexity index is 612. The topological polar surface area (TPSA) is 42.2 Å². The summed E-state index contributed by atoms with van der Waals surface area (Å²) in [6.07, 6.45) is 4.66. The van der Waals surface area contributed by atoms with Crippen molar-refractivity contribution in [2.75, 3.05) is 0 Å². The smallest absolute Gasteiger partial charge is 0.303 e. The summed E-state index contributed by atoms with van der Waals surface area (Å²) in [6.45, 7) is 3.05. The Morgan fingerprint density at radius 1 is 1.50 bits per heavy atom. The molecule has 0 bridgehead atoms. The number of hydrogen-bond donors (Lipinski definition) is 1. The van der Waals surface area contributed by atoms with E-state index in [1.165, 1.54) is 28.5 Å². The molecule has 3 nitrogen and oxygen atoms in total. The Balaban J connectivity index is 2.14. The van der Waals surface area contributed by atoms with Gasteiger partial charge in [0.15, 0.2) is 0 Å². The van der Waals surface area contributed by atoms with Crippen molar-refractivity contribution >= 4 is 16.9 Å². The van der Waals surface area contributed by atoms with Gasteiger partial charge >= 0.3 is 5.97 Å². The number of aromatic nitrogens is 1. The second kappa shape index (κ2) is 4.16. The van der Waals surface area contributed by atoms with Crippen LogP contribution in [-0.2, 0) is 17.8 Å². The van der Waals surface area contributed by atoms with Crippen molar-refractivity contribution in [2.45, 2.75) is 38.6 Å². The van der Waals surface area contributed by atoms with Crippen LogP contribution in [0.25, 0.3) is 10.9 Å². The van der Waals surface area contributed by atoms with E-state index in [0.717, 1.165) is 13.0 Å². The van der Waals surface area contributed by atoms with E-state index in [0.29, 0.717) is 0 Å². The molecule has 1 aliphatic rings. The first-order valence-electron chi connectivity index (χ1n) is 6.49. The summed E-state index contributed by atoms with van der Waals surface area (Å²) in [5.41, 5.74) is 3.89. The largest absolute Gasteiger partial charge is 0.481 e. The Morgan fingerprint density at radius 2 is 2.33 bits per heavy atom. The molecule has 0 saturated heterocycles. The quantitative estimate of drug-likeness (QED) is 0.899. The number of aryl methyl sites for hydroxylation is 2. The highest BCUT2D eigenvalue weighted by molar-refractivity contribution is 5.88. The minimum atomic E-state index is -0.727. The first kappa shape index (κ1) is 11.3. The number of nitrogens with zero attached hydrogens (tertiary/aromatic N) is 1. The first-order chi connectivity index (χ1) is 8.66. The maximum Gasteiger partial charge on any atom is 0.303 e. The molecule has 0 amide bonds. The molecular formula is C15H17NO2. The summed E-state index contributed by atoms with van der Waals surface area (Å²) in [5.74, 6) is -0.658. The zero-order valence-electron chi connectivity index (χ0n) is 10.5. The average molecular weight is 243 g/mol. The monoisotopic (exact) mass is 243 g/mol. The van der Waals surface area contributed by atoms with Crippen LogP contribution in [0.15, 0.2) is 24.4 Å². The van der Waals surface area contributed by atoms with E-state index < -0.39 is 5.97 Å². The standard InChI is InChI=1S/C15H17NO2/c1-10(8-14(17)18)13-9-16-7-3-5-11-4-2-6-12(13)15(11)16/h2,4,6,9-10H,3,5,7-8H2,1H3,(H,17,18). The molecule has 1 aliphatic heterocycles. The molecule has 1 N–H and O–H groups in total. The van der Waals surface area contributed by atoms with Gasteiger partial charge in [-0.15, -0.1) is 0 Å². The van der Waals surface area contributed by atoms with E-state index in [9.17, 15) is 4.79 Å².